The highest BCUT2D eigenvalue weighted by molar-refractivity contribution is 7.89. The third-order valence-electron chi connectivity index (χ3n) is 2.74. The summed E-state index contributed by atoms with van der Waals surface area (Å²) < 4.78 is 33.4. The Bertz CT molecular complexity index is 677. The summed E-state index contributed by atoms with van der Waals surface area (Å²) in [7, 11) is -1.88. The van der Waals surface area contributed by atoms with Crippen molar-refractivity contribution in [2.45, 2.75) is 25.0 Å². The highest BCUT2D eigenvalue weighted by atomic mass is 32.2. The van der Waals surface area contributed by atoms with Gasteiger partial charge in [0, 0.05) is 20.0 Å². The van der Waals surface area contributed by atoms with Crippen molar-refractivity contribution in [3.63, 3.8) is 0 Å². The maximum absolute atomic E-state index is 12.0. The Labute approximate surface area is 123 Å². The van der Waals surface area contributed by atoms with Crippen LogP contribution in [0.25, 0.3) is 0 Å². The SMILES string of the molecule is CCNCc1ccc(S(=O)(=O)NCCc2ncn(C)n2)o1. The lowest BCUT2D eigenvalue weighted by atomic mass is 10.4. The first kappa shape index (κ1) is 15.7. The lowest BCUT2D eigenvalue weighted by molar-refractivity contribution is 0.401. The Hall–Kier alpha value is -1.71. The zero-order valence-corrected chi connectivity index (χ0v) is 12.9. The predicted octanol–water partition coefficient (Wildman–Crippen LogP) is 0.0386. The van der Waals surface area contributed by atoms with Crippen molar-refractivity contribution in [2.24, 2.45) is 7.05 Å². The van der Waals surface area contributed by atoms with Crippen molar-refractivity contribution in [2.75, 3.05) is 13.1 Å². The highest BCUT2D eigenvalue weighted by Gasteiger charge is 2.18. The smallest absolute Gasteiger partial charge is 0.273 e. The molecular formula is C12H19N5O3S. The minimum Gasteiger partial charge on any atom is -0.447 e. The maximum atomic E-state index is 12.0. The Morgan fingerprint density at radius 2 is 2.19 bits per heavy atom. The van der Waals surface area contributed by atoms with Crippen LogP contribution in [0.2, 0.25) is 0 Å². The van der Waals surface area contributed by atoms with Crippen LogP contribution < -0.4 is 10.0 Å². The van der Waals surface area contributed by atoms with Crippen molar-refractivity contribution in [1.29, 1.82) is 0 Å². The van der Waals surface area contributed by atoms with E-state index in [4.69, 9.17) is 4.42 Å². The highest BCUT2D eigenvalue weighted by Crippen LogP contribution is 2.13. The van der Waals surface area contributed by atoms with E-state index in [-0.39, 0.29) is 11.6 Å². The van der Waals surface area contributed by atoms with Crippen molar-refractivity contribution >= 4 is 10.0 Å². The first-order chi connectivity index (χ1) is 10.0. The molecule has 0 aromatic carbocycles. The van der Waals surface area contributed by atoms with Gasteiger partial charge in [0.05, 0.1) is 6.54 Å². The summed E-state index contributed by atoms with van der Waals surface area (Å²) in [6, 6.07) is 3.10. The molecule has 116 valence electrons. The molecule has 2 N–H and O–H groups in total. The van der Waals surface area contributed by atoms with Crippen LogP contribution in [0.4, 0.5) is 0 Å². The summed E-state index contributed by atoms with van der Waals surface area (Å²) >= 11 is 0. The molecule has 0 aliphatic rings. The maximum Gasteiger partial charge on any atom is 0.273 e. The lowest BCUT2D eigenvalue weighted by Gasteiger charge is -2.02. The Morgan fingerprint density at radius 1 is 1.38 bits per heavy atom. The number of sulfonamides is 1. The summed E-state index contributed by atoms with van der Waals surface area (Å²) in [6.07, 6.45) is 1.99. The molecule has 0 radical (unpaired) electrons. The van der Waals surface area contributed by atoms with Crippen molar-refractivity contribution in [3.8, 4) is 0 Å². The molecule has 9 heteroatoms. The van der Waals surface area contributed by atoms with E-state index in [1.54, 1.807) is 24.1 Å². The molecule has 0 saturated heterocycles. The van der Waals surface area contributed by atoms with Gasteiger partial charge in [-0.2, -0.15) is 5.10 Å². The lowest BCUT2D eigenvalue weighted by Crippen LogP contribution is -2.26. The molecule has 2 rings (SSSR count). The Morgan fingerprint density at radius 3 is 2.86 bits per heavy atom. The van der Waals surface area contributed by atoms with Gasteiger partial charge in [0.25, 0.3) is 10.0 Å². The third-order valence-corrected chi connectivity index (χ3v) is 4.07. The number of furan rings is 1. The molecular weight excluding hydrogens is 294 g/mol. The molecule has 0 amide bonds. The quantitative estimate of drug-likeness (QED) is 0.713. The van der Waals surface area contributed by atoms with Crippen LogP contribution in [0.1, 0.15) is 18.5 Å². The zero-order valence-electron chi connectivity index (χ0n) is 12.0. The topological polar surface area (TPSA) is 102 Å². The fourth-order valence-corrected chi connectivity index (χ4v) is 2.69. The Kier molecular flexibility index (Phi) is 5.10. The second-order valence-electron chi connectivity index (χ2n) is 4.48. The fourth-order valence-electron chi connectivity index (χ4n) is 1.71. The van der Waals surface area contributed by atoms with E-state index in [9.17, 15) is 8.42 Å². The summed E-state index contributed by atoms with van der Waals surface area (Å²) in [5.74, 6) is 1.18. The van der Waals surface area contributed by atoms with Gasteiger partial charge in [0.15, 0.2) is 5.82 Å². The molecule has 2 heterocycles. The summed E-state index contributed by atoms with van der Waals surface area (Å²) in [5.41, 5.74) is 0. The number of nitrogens with one attached hydrogen (secondary N) is 2. The number of aryl methyl sites for hydroxylation is 1. The van der Waals surface area contributed by atoms with Crippen LogP contribution in [0.15, 0.2) is 28.0 Å². The van der Waals surface area contributed by atoms with Gasteiger partial charge < -0.3 is 9.73 Å². The number of nitrogens with zero attached hydrogens (tertiary/aromatic N) is 3. The first-order valence-electron chi connectivity index (χ1n) is 6.65. The molecule has 2 aromatic rings. The average molecular weight is 313 g/mol. The van der Waals surface area contributed by atoms with Crippen LogP contribution in [-0.2, 0) is 30.0 Å². The predicted molar refractivity (Wildman–Crippen MR) is 76.0 cm³/mol. The zero-order chi connectivity index (χ0) is 15.3. The van der Waals surface area contributed by atoms with E-state index in [1.807, 2.05) is 6.92 Å². The van der Waals surface area contributed by atoms with Gasteiger partial charge in [-0.25, -0.2) is 18.1 Å². The average Bonchev–Trinajstić information content (AvgIpc) is 3.06. The summed E-state index contributed by atoms with van der Waals surface area (Å²) in [5, 5.41) is 7.07. The number of hydrogen-bond donors (Lipinski definition) is 2. The molecule has 2 aromatic heterocycles. The van der Waals surface area contributed by atoms with E-state index in [0.717, 1.165) is 6.54 Å². The second-order valence-corrected chi connectivity index (χ2v) is 6.18. The summed E-state index contributed by atoms with van der Waals surface area (Å²) in [4.78, 5) is 4.03. The minimum absolute atomic E-state index is 0.0793. The molecule has 8 nitrogen and oxygen atoms in total. The van der Waals surface area contributed by atoms with Crippen molar-refractivity contribution in [1.82, 2.24) is 24.8 Å². The largest absolute Gasteiger partial charge is 0.447 e. The molecule has 0 aliphatic heterocycles. The number of hydrogen-bond acceptors (Lipinski definition) is 6. The molecule has 0 spiro atoms. The number of rotatable bonds is 8. The standard InChI is InChI=1S/C12H19N5O3S/c1-3-13-8-10-4-5-12(20-10)21(18,19)15-7-6-11-14-9-17(2)16-11/h4-5,9,13,15H,3,6-8H2,1-2H3. The number of aromatic nitrogens is 3. The fraction of sp³-hybridized carbons (Fsp3) is 0.500. The van der Waals surface area contributed by atoms with E-state index in [1.165, 1.54) is 6.07 Å². The van der Waals surface area contributed by atoms with Gasteiger partial charge in [-0.15, -0.1) is 0 Å². The molecule has 21 heavy (non-hydrogen) atoms. The van der Waals surface area contributed by atoms with E-state index < -0.39 is 10.0 Å². The van der Waals surface area contributed by atoms with Gasteiger partial charge in [0.2, 0.25) is 5.09 Å². The van der Waals surface area contributed by atoms with Crippen LogP contribution in [0.3, 0.4) is 0 Å². The second kappa shape index (κ2) is 6.83. The molecule has 0 fully saturated rings. The minimum atomic E-state index is -3.63. The van der Waals surface area contributed by atoms with E-state index in [2.05, 4.69) is 20.1 Å². The van der Waals surface area contributed by atoms with Crippen molar-refractivity contribution < 1.29 is 12.8 Å². The van der Waals surface area contributed by atoms with E-state index in [0.29, 0.717) is 24.6 Å². The van der Waals surface area contributed by atoms with Crippen LogP contribution >= 0.6 is 0 Å². The van der Waals surface area contributed by atoms with Gasteiger partial charge in [0.1, 0.15) is 12.1 Å². The molecule has 0 aliphatic carbocycles. The van der Waals surface area contributed by atoms with Crippen LogP contribution in [0, 0.1) is 0 Å². The third kappa shape index (κ3) is 4.38. The van der Waals surface area contributed by atoms with E-state index >= 15 is 0 Å². The van der Waals surface area contributed by atoms with Gasteiger partial charge in [-0.1, -0.05) is 6.92 Å². The van der Waals surface area contributed by atoms with Crippen LogP contribution in [0.5, 0.6) is 0 Å². The van der Waals surface area contributed by atoms with Gasteiger partial charge >= 0.3 is 0 Å². The van der Waals surface area contributed by atoms with Crippen molar-refractivity contribution in [3.05, 3.63) is 30.0 Å². The molecule has 0 bridgehead atoms. The summed E-state index contributed by atoms with van der Waals surface area (Å²) in [6.45, 7) is 3.48. The Balaban J connectivity index is 1.90. The normalized spacial score (nSPS) is 11.9. The first-order valence-corrected chi connectivity index (χ1v) is 8.13. The molecule has 0 saturated carbocycles. The monoisotopic (exact) mass is 313 g/mol. The molecule has 0 atom stereocenters. The van der Waals surface area contributed by atoms with Crippen LogP contribution in [-0.4, -0.2) is 36.3 Å². The van der Waals surface area contributed by atoms with Gasteiger partial charge in [-0.3, -0.25) is 4.68 Å². The van der Waals surface area contributed by atoms with Gasteiger partial charge in [-0.05, 0) is 18.7 Å². The molecule has 0 unspecified atom stereocenters.